The fourth-order valence-corrected chi connectivity index (χ4v) is 1.18. The molecule has 4 heteroatoms. The zero-order chi connectivity index (χ0) is 11.1. The van der Waals surface area contributed by atoms with Crippen molar-refractivity contribution < 1.29 is 4.84 Å². The van der Waals surface area contributed by atoms with Gasteiger partial charge >= 0.3 is 0 Å². The van der Waals surface area contributed by atoms with Crippen LogP contribution < -0.4 is 11.5 Å². The third kappa shape index (κ3) is 4.46. The van der Waals surface area contributed by atoms with Crippen LogP contribution in [0.2, 0.25) is 0 Å². The maximum absolute atomic E-state index is 5.46. The van der Waals surface area contributed by atoms with Crippen LogP contribution in [0.5, 0.6) is 0 Å². The first kappa shape index (κ1) is 11.5. The summed E-state index contributed by atoms with van der Waals surface area (Å²) in [4.78, 5) is 5.02. The highest BCUT2D eigenvalue weighted by Gasteiger charge is 1.94. The van der Waals surface area contributed by atoms with E-state index in [9.17, 15) is 0 Å². The minimum Gasteiger partial charge on any atom is -0.390 e. The lowest BCUT2D eigenvalue weighted by Crippen LogP contribution is -2.06. The van der Waals surface area contributed by atoms with Crippen molar-refractivity contribution in [3.8, 4) is 0 Å². The molecule has 1 rings (SSSR count). The van der Waals surface area contributed by atoms with Crippen molar-refractivity contribution >= 4 is 5.84 Å². The van der Waals surface area contributed by atoms with E-state index in [4.69, 9.17) is 16.3 Å². The predicted molar refractivity (Wildman–Crippen MR) is 61.3 cm³/mol. The molecule has 15 heavy (non-hydrogen) atoms. The number of hydrogen-bond acceptors (Lipinski definition) is 3. The number of oxime groups is 1. The van der Waals surface area contributed by atoms with Gasteiger partial charge in [0.2, 0.25) is 0 Å². The molecule has 0 amide bonds. The van der Waals surface area contributed by atoms with Gasteiger partial charge in [-0.05, 0) is 31.0 Å². The summed E-state index contributed by atoms with van der Waals surface area (Å²) in [6.45, 7) is 2.80. The maximum atomic E-state index is 5.46. The highest BCUT2D eigenvalue weighted by atomic mass is 16.6. The van der Waals surface area contributed by atoms with Gasteiger partial charge in [-0.3, -0.25) is 0 Å². The topological polar surface area (TPSA) is 73.6 Å². The zero-order valence-electron chi connectivity index (χ0n) is 8.94. The Hall–Kier alpha value is -1.55. The Balaban J connectivity index is 2.46. The van der Waals surface area contributed by atoms with E-state index in [1.807, 2.05) is 24.3 Å². The Morgan fingerprint density at radius 2 is 1.87 bits per heavy atom. The highest BCUT2D eigenvalue weighted by molar-refractivity contribution is 5.76. The van der Waals surface area contributed by atoms with Gasteiger partial charge in [0.15, 0.2) is 0 Å². The molecule has 0 aliphatic carbocycles. The van der Waals surface area contributed by atoms with Gasteiger partial charge in [0, 0.05) is 0 Å². The Bertz CT molecular complexity index is 315. The minimum absolute atomic E-state index is 0.426. The maximum Gasteiger partial charge on any atom is 0.142 e. The van der Waals surface area contributed by atoms with Crippen LogP contribution >= 0.6 is 0 Å². The van der Waals surface area contributed by atoms with Crippen LogP contribution in [0.1, 0.15) is 18.1 Å². The van der Waals surface area contributed by atoms with Gasteiger partial charge in [-0.1, -0.05) is 29.4 Å². The summed E-state index contributed by atoms with van der Waals surface area (Å²) in [5.74, 6) is 0.426. The first-order chi connectivity index (χ1) is 7.22. The number of nitrogens with two attached hydrogens (primary N) is 2. The molecular formula is C11H17N3O. The lowest BCUT2D eigenvalue weighted by Gasteiger charge is -2.02. The lowest BCUT2D eigenvalue weighted by atomic mass is 10.1. The summed E-state index contributed by atoms with van der Waals surface area (Å²) in [5, 5.41) is 3.65. The monoisotopic (exact) mass is 207 g/mol. The molecule has 0 fully saturated rings. The Morgan fingerprint density at radius 1 is 1.27 bits per heavy atom. The molecule has 0 atom stereocenters. The van der Waals surface area contributed by atoms with E-state index in [-0.39, 0.29) is 0 Å². The van der Waals surface area contributed by atoms with Gasteiger partial charge in [-0.25, -0.2) is 0 Å². The SMILES string of the molecule is C/C(N)=N/OCc1ccc(CCN)cc1. The summed E-state index contributed by atoms with van der Waals surface area (Å²) >= 11 is 0. The lowest BCUT2D eigenvalue weighted by molar-refractivity contribution is 0.130. The number of nitrogens with zero attached hydrogens (tertiary/aromatic N) is 1. The molecule has 0 bridgehead atoms. The predicted octanol–water partition coefficient (Wildman–Crippen LogP) is 0.996. The Morgan fingerprint density at radius 3 is 2.40 bits per heavy atom. The average molecular weight is 207 g/mol. The minimum atomic E-state index is 0.426. The van der Waals surface area contributed by atoms with E-state index in [0.717, 1.165) is 12.0 Å². The number of rotatable bonds is 5. The van der Waals surface area contributed by atoms with Crippen LogP contribution in [-0.2, 0) is 17.9 Å². The van der Waals surface area contributed by atoms with Crippen LogP contribution in [0.25, 0.3) is 0 Å². The highest BCUT2D eigenvalue weighted by Crippen LogP contribution is 2.06. The molecule has 0 radical (unpaired) electrons. The fourth-order valence-electron chi connectivity index (χ4n) is 1.18. The van der Waals surface area contributed by atoms with Gasteiger partial charge in [0.1, 0.15) is 12.4 Å². The van der Waals surface area contributed by atoms with E-state index in [0.29, 0.717) is 19.0 Å². The van der Waals surface area contributed by atoms with Crippen molar-refractivity contribution in [2.24, 2.45) is 16.6 Å². The Labute approximate surface area is 89.9 Å². The van der Waals surface area contributed by atoms with Crippen molar-refractivity contribution in [3.63, 3.8) is 0 Å². The second kappa shape index (κ2) is 6.03. The smallest absolute Gasteiger partial charge is 0.142 e. The van der Waals surface area contributed by atoms with Crippen molar-refractivity contribution in [2.45, 2.75) is 20.0 Å². The Kier molecular flexibility index (Phi) is 4.63. The first-order valence-corrected chi connectivity index (χ1v) is 4.92. The molecule has 1 aromatic carbocycles. The van der Waals surface area contributed by atoms with E-state index in [1.165, 1.54) is 5.56 Å². The van der Waals surface area contributed by atoms with Gasteiger partial charge in [0.25, 0.3) is 0 Å². The van der Waals surface area contributed by atoms with Crippen LogP contribution in [0.3, 0.4) is 0 Å². The van der Waals surface area contributed by atoms with E-state index in [1.54, 1.807) is 6.92 Å². The second-order valence-corrected chi connectivity index (χ2v) is 3.36. The standard InChI is InChI=1S/C11H17N3O/c1-9(13)14-15-8-11-4-2-10(3-5-11)6-7-12/h2-5H,6-8,12H2,1H3,(H2,13,14). The largest absolute Gasteiger partial charge is 0.390 e. The summed E-state index contributed by atoms with van der Waals surface area (Å²) in [6.07, 6.45) is 0.904. The van der Waals surface area contributed by atoms with Crippen molar-refractivity contribution in [3.05, 3.63) is 35.4 Å². The quantitative estimate of drug-likeness (QED) is 0.429. The molecule has 0 heterocycles. The van der Waals surface area contributed by atoms with E-state index < -0.39 is 0 Å². The third-order valence-electron chi connectivity index (χ3n) is 1.90. The normalized spacial score (nSPS) is 11.5. The first-order valence-electron chi connectivity index (χ1n) is 4.92. The number of benzene rings is 1. The molecule has 0 saturated heterocycles. The summed E-state index contributed by atoms with van der Waals surface area (Å²) in [7, 11) is 0. The van der Waals surface area contributed by atoms with Crippen molar-refractivity contribution in [1.29, 1.82) is 0 Å². The summed E-state index contributed by atoms with van der Waals surface area (Å²) < 4.78 is 0. The molecule has 0 unspecified atom stereocenters. The second-order valence-electron chi connectivity index (χ2n) is 3.36. The molecule has 4 nitrogen and oxygen atoms in total. The molecule has 0 aliphatic heterocycles. The zero-order valence-corrected chi connectivity index (χ0v) is 8.94. The number of hydrogen-bond donors (Lipinski definition) is 2. The molecule has 0 aliphatic rings. The average Bonchev–Trinajstić information content (AvgIpc) is 2.20. The summed E-state index contributed by atoms with van der Waals surface area (Å²) in [5.41, 5.74) is 13.1. The van der Waals surface area contributed by atoms with Crippen molar-refractivity contribution in [2.75, 3.05) is 6.54 Å². The van der Waals surface area contributed by atoms with Crippen LogP contribution in [0.4, 0.5) is 0 Å². The van der Waals surface area contributed by atoms with Crippen LogP contribution in [0.15, 0.2) is 29.4 Å². The molecule has 0 aromatic heterocycles. The van der Waals surface area contributed by atoms with E-state index in [2.05, 4.69) is 5.16 Å². The molecule has 4 N–H and O–H groups in total. The number of amidine groups is 1. The molecule has 0 saturated carbocycles. The van der Waals surface area contributed by atoms with Crippen LogP contribution in [0, 0.1) is 0 Å². The van der Waals surface area contributed by atoms with Gasteiger partial charge in [-0.15, -0.1) is 0 Å². The molecule has 82 valence electrons. The van der Waals surface area contributed by atoms with Crippen LogP contribution in [-0.4, -0.2) is 12.4 Å². The van der Waals surface area contributed by atoms with Crippen molar-refractivity contribution in [1.82, 2.24) is 0 Å². The summed E-state index contributed by atoms with van der Waals surface area (Å²) in [6, 6.07) is 8.11. The fraction of sp³-hybridized carbons (Fsp3) is 0.364. The van der Waals surface area contributed by atoms with Gasteiger partial charge in [-0.2, -0.15) is 0 Å². The van der Waals surface area contributed by atoms with Gasteiger partial charge in [0.05, 0.1) is 0 Å². The third-order valence-corrected chi connectivity index (χ3v) is 1.90. The molecule has 1 aromatic rings. The molecule has 0 spiro atoms. The van der Waals surface area contributed by atoms with E-state index >= 15 is 0 Å². The van der Waals surface area contributed by atoms with Gasteiger partial charge < -0.3 is 16.3 Å². The molecular weight excluding hydrogens is 190 g/mol.